The molecule has 1 spiro atoms. The maximum absolute atomic E-state index is 12.4. The Morgan fingerprint density at radius 3 is 1.91 bits per heavy atom. The molecule has 33 atom stereocenters. The van der Waals surface area contributed by atoms with Gasteiger partial charge in [-0.1, -0.05) is 88.5 Å². The van der Waals surface area contributed by atoms with Gasteiger partial charge in [0.05, 0.1) is 129 Å². The van der Waals surface area contributed by atoms with Crippen LogP contribution in [0.3, 0.4) is 0 Å². The molecule has 9 saturated heterocycles. The molecule has 13 aliphatic heterocycles. The van der Waals surface area contributed by atoms with Crippen molar-refractivity contribution in [3.8, 4) is 0 Å². The third-order valence-electron chi connectivity index (χ3n) is 20.6. The first kappa shape index (κ1) is 56.1. The lowest BCUT2D eigenvalue weighted by atomic mass is 9.75. The van der Waals surface area contributed by atoms with Crippen LogP contribution < -0.4 is 0 Å². The molecular weight excluding hydrogens is 1020 g/mol. The highest BCUT2D eigenvalue weighted by molar-refractivity contribution is 5.18. The molecule has 0 amide bonds. The van der Waals surface area contributed by atoms with Crippen LogP contribution in [0, 0.1) is 23.7 Å². The maximum atomic E-state index is 12.4. The van der Waals surface area contributed by atoms with Crippen molar-refractivity contribution in [2.24, 2.45) is 23.7 Å². The first-order valence-corrected chi connectivity index (χ1v) is 30.0. The highest BCUT2D eigenvalue weighted by Crippen LogP contribution is 2.52. The van der Waals surface area contributed by atoms with E-state index in [1.54, 1.807) is 6.08 Å². The molecule has 13 aliphatic rings. The lowest BCUT2D eigenvalue weighted by Gasteiger charge is -2.53. The summed E-state index contributed by atoms with van der Waals surface area (Å²) in [7, 11) is 0. The van der Waals surface area contributed by atoms with Crippen LogP contribution in [-0.4, -0.2) is 220 Å². The second kappa shape index (κ2) is 22.4. The van der Waals surface area contributed by atoms with Crippen LogP contribution in [-0.2, 0) is 61.6 Å². The van der Waals surface area contributed by atoms with E-state index >= 15 is 0 Å². The summed E-state index contributed by atoms with van der Waals surface area (Å²) >= 11 is 0. The molecule has 1 unspecified atom stereocenters. The van der Waals surface area contributed by atoms with Crippen LogP contribution in [0.5, 0.6) is 0 Å². The van der Waals surface area contributed by atoms with Crippen LogP contribution in [0.1, 0.15) is 98.8 Å². The number of aliphatic hydroxyl groups excluding tert-OH is 6. The SMILES string of the molecule is C[C@@H]1C[C@@H]2O[C@H]3[C@H](C[C@H]2O[C@H]2C[C@H]4O[C@H]5CC=CC[C@H]6O[C@H]7C=C[C@H]8O[C@H]9[C@H](O)[C@H]%10O[C@@H](C=C[C@H](O)CO)C=CC[C@@H]%10O[C@@H]9C[C@@H]8O[C@@H]7C=C[C@@H]6O[C@@H]5C[C@@H](O)[C@]4(C)O[C@@H]2C1)O[C@@H]1[C@@H](C)[C@H](C)[C@@]2(C[C@H](O)CO2)O[C@H]1C(O)[C@@H]3C. The first-order valence-electron chi connectivity index (χ1n) is 30.0. The van der Waals surface area contributed by atoms with E-state index in [4.69, 9.17) is 61.6 Å². The fourth-order valence-electron chi connectivity index (χ4n) is 15.9. The number of hydrogen-bond donors (Lipinski definition) is 6. The van der Waals surface area contributed by atoms with Crippen LogP contribution in [0.15, 0.2) is 60.8 Å². The highest BCUT2D eigenvalue weighted by Gasteiger charge is 2.63. The van der Waals surface area contributed by atoms with Crippen molar-refractivity contribution in [1.82, 2.24) is 0 Å². The van der Waals surface area contributed by atoms with E-state index in [1.807, 2.05) is 50.3 Å². The molecule has 6 N–H and O–H groups in total. The zero-order valence-corrected chi connectivity index (χ0v) is 46.1. The number of aliphatic hydroxyl groups is 6. The van der Waals surface area contributed by atoms with Gasteiger partial charge in [-0.3, -0.25) is 0 Å². The molecule has 19 heteroatoms. The van der Waals surface area contributed by atoms with Gasteiger partial charge in [-0.25, -0.2) is 0 Å². The Hall–Kier alpha value is -2.06. The van der Waals surface area contributed by atoms with Crippen molar-refractivity contribution in [3.05, 3.63) is 60.8 Å². The van der Waals surface area contributed by atoms with Gasteiger partial charge in [0, 0.05) is 43.9 Å². The minimum absolute atomic E-state index is 0.0318. The fraction of sp³-hybridized carbons (Fsp3) is 0.833. The molecule has 13 heterocycles. The van der Waals surface area contributed by atoms with E-state index in [-0.39, 0.29) is 79.1 Å². The van der Waals surface area contributed by atoms with Gasteiger partial charge in [0.25, 0.3) is 0 Å². The van der Waals surface area contributed by atoms with E-state index < -0.39 is 134 Å². The normalized spacial score (nSPS) is 56.4. The van der Waals surface area contributed by atoms with Gasteiger partial charge in [-0.2, -0.15) is 0 Å². The van der Waals surface area contributed by atoms with Crippen molar-refractivity contribution < 1.29 is 92.2 Å². The molecule has 0 aliphatic carbocycles. The molecule has 19 nitrogen and oxygen atoms in total. The van der Waals surface area contributed by atoms with Crippen LogP contribution in [0.2, 0.25) is 0 Å². The van der Waals surface area contributed by atoms with Crippen molar-refractivity contribution in [1.29, 1.82) is 0 Å². The summed E-state index contributed by atoms with van der Waals surface area (Å²) in [6.07, 6.45) is 10.5. The third-order valence-corrected chi connectivity index (χ3v) is 20.6. The number of rotatable bonds is 3. The van der Waals surface area contributed by atoms with Crippen LogP contribution in [0.4, 0.5) is 0 Å². The van der Waals surface area contributed by atoms with Crippen molar-refractivity contribution in [2.75, 3.05) is 13.2 Å². The predicted octanol–water partition coefficient (Wildman–Crippen LogP) is 2.97. The number of ether oxygens (including phenoxy) is 13. The average molecular weight is 1110 g/mol. The van der Waals surface area contributed by atoms with E-state index in [2.05, 4.69) is 32.9 Å². The maximum Gasteiger partial charge on any atom is 0.174 e. The quantitative estimate of drug-likeness (QED) is 0.223. The molecule has 440 valence electrons. The van der Waals surface area contributed by atoms with E-state index in [0.717, 1.165) is 6.42 Å². The first-order chi connectivity index (χ1) is 38.0. The van der Waals surface area contributed by atoms with Gasteiger partial charge < -0.3 is 92.2 Å². The van der Waals surface area contributed by atoms with Crippen molar-refractivity contribution in [2.45, 2.75) is 275 Å². The third kappa shape index (κ3) is 10.5. The van der Waals surface area contributed by atoms with E-state index in [0.29, 0.717) is 57.8 Å². The number of hydrogen-bond acceptors (Lipinski definition) is 19. The number of fused-ring (bicyclic) bond motifs is 11. The molecule has 0 aromatic rings. The van der Waals surface area contributed by atoms with Crippen molar-refractivity contribution >= 4 is 0 Å². The van der Waals surface area contributed by atoms with Gasteiger partial charge in [0.15, 0.2) is 5.79 Å². The summed E-state index contributed by atoms with van der Waals surface area (Å²) in [5.74, 6) is -1.19. The molecule has 0 radical (unpaired) electrons. The molecule has 79 heavy (non-hydrogen) atoms. The minimum Gasteiger partial charge on any atom is -0.393 e. The lowest BCUT2D eigenvalue weighted by Crippen LogP contribution is -2.63. The predicted molar refractivity (Wildman–Crippen MR) is 279 cm³/mol. The second-order valence-electron chi connectivity index (χ2n) is 25.9. The monoisotopic (exact) mass is 1110 g/mol. The van der Waals surface area contributed by atoms with Gasteiger partial charge in [0.1, 0.15) is 54.4 Å². The summed E-state index contributed by atoms with van der Waals surface area (Å²) < 4.78 is 89.0. The average Bonchev–Trinajstić information content (AvgIpc) is 3.66. The Balaban J connectivity index is 0.677. The van der Waals surface area contributed by atoms with Gasteiger partial charge in [-0.05, 0) is 50.9 Å². The summed E-state index contributed by atoms with van der Waals surface area (Å²) in [6.45, 7) is 10.3. The Kier molecular flexibility index (Phi) is 15.9. The van der Waals surface area contributed by atoms with Crippen molar-refractivity contribution in [3.63, 3.8) is 0 Å². The van der Waals surface area contributed by atoms with Gasteiger partial charge in [0.2, 0.25) is 0 Å². The van der Waals surface area contributed by atoms with Crippen LogP contribution >= 0.6 is 0 Å². The molecule has 0 aromatic carbocycles. The van der Waals surface area contributed by atoms with Gasteiger partial charge >= 0.3 is 0 Å². The highest BCUT2D eigenvalue weighted by atomic mass is 16.7. The van der Waals surface area contributed by atoms with E-state index in [9.17, 15) is 30.6 Å². The smallest absolute Gasteiger partial charge is 0.174 e. The zero-order chi connectivity index (χ0) is 54.6. The summed E-state index contributed by atoms with van der Waals surface area (Å²) in [5.41, 5.74) is -1.04. The summed E-state index contributed by atoms with van der Waals surface area (Å²) in [6, 6.07) is 0. The van der Waals surface area contributed by atoms with Crippen LogP contribution in [0.25, 0.3) is 0 Å². The topological polar surface area (TPSA) is 241 Å². The second-order valence-corrected chi connectivity index (χ2v) is 25.9. The Bertz CT molecular complexity index is 2300. The molecule has 0 saturated carbocycles. The largest absolute Gasteiger partial charge is 0.393 e. The van der Waals surface area contributed by atoms with E-state index in [1.165, 1.54) is 6.08 Å². The van der Waals surface area contributed by atoms with Gasteiger partial charge in [-0.15, -0.1) is 0 Å². The standard InChI is InChI=1S/C60H86O19/c1-28-19-42-44(22-48-54(76-42)30(3)52(65)58-55(77-48)29(2)31(4)60(79-58)25-33(63)27-67-60)73-46-24-51-59(5,78-47(46)20-28)50(64)23-45-36(74-51)11-7-6-10-35-37(71-45)15-16-39-38(69-35)17-18-40-43(70-39)21-49-57(75-40)53(66)56-41(72-49)12-8-9-34(68-56)14-13-32(62)26-61/h6-9,13-18,28-58,61-66H,10-12,19-27H2,1-5H3/t28-,29+,30+,31+,32+,33+,34-,35-,36+,37+,38+,39-,40-,41+,42+,43+,44-,45-,46+,47-,48+,49-,50-,51-,52?,53-,54-,55-,56+,57-,58+,59+,60-/m1/s1. The summed E-state index contributed by atoms with van der Waals surface area (Å²) in [4.78, 5) is 0. The summed E-state index contributed by atoms with van der Waals surface area (Å²) in [5, 5.41) is 65.9. The molecule has 0 aromatic heterocycles. The minimum atomic E-state index is -1.04. The molecule has 13 rings (SSSR count). The Labute approximate surface area is 463 Å². The molecule has 9 fully saturated rings. The lowest BCUT2D eigenvalue weighted by molar-refractivity contribution is -0.339. The Morgan fingerprint density at radius 2 is 1.14 bits per heavy atom. The fourth-order valence-corrected chi connectivity index (χ4v) is 15.9. The Morgan fingerprint density at radius 1 is 0.519 bits per heavy atom. The molecule has 0 bridgehead atoms. The molecular formula is C60H86O19. The zero-order valence-electron chi connectivity index (χ0n) is 46.1.